The van der Waals surface area contributed by atoms with Crippen LogP contribution in [0.15, 0.2) is 12.4 Å². The first kappa shape index (κ1) is 16.5. The molecule has 0 aromatic carbocycles. The minimum Gasteiger partial charge on any atom is -0.335 e. The Balaban J connectivity index is 2.01. The molecule has 0 spiro atoms. The fraction of sp³-hybridized carbons (Fsp3) is 0.833. The number of aryl methyl sites for hydroxylation is 1. The fourth-order valence-electron chi connectivity index (χ4n) is 3.62. The third-order valence-electron chi connectivity index (χ3n) is 4.79. The summed E-state index contributed by atoms with van der Waals surface area (Å²) in [5, 5.41) is 3.82. The van der Waals surface area contributed by atoms with Gasteiger partial charge in [0.15, 0.2) is 0 Å². The number of rotatable bonds is 8. The Hall–Kier alpha value is -0.830. The van der Waals surface area contributed by atoms with Crippen molar-refractivity contribution < 1.29 is 0 Å². The normalized spacial score (nSPS) is 18.6. The van der Waals surface area contributed by atoms with Gasteiger partial charge in [-0.2, -0.15) is 0 Å². The van der Waals surface area contributed by atoms with E-state index in [9.17, 15) is 0 Å². The molecule has 1 aliphatic carbocycles. The minimum atomic E-state index is 0.612. The molecule has 2 rings (SSSR count). The first-order chi connectivity index (χ1) is 10.3. The zero-order valence-corrected chi connectivity index (χ0v) is 14.0. The van der Waals surface area contributed by atoms with E-state index in [0.29, 0.717) is 6.04 Å². The van der Waals surface area contributed by atoms with Gasteiger partial charge in [0.2, 0.25) is 0 Å². The Kier molecular flexibility index (Phi) is 7.28. The molecule has 3 heteroatoms. The molecule has 1 heterocycles. The van der Waals surface area contributed by atoms with Crippen LogP contribution in [0.5, 0.6) is 0 Å². The molecule has 3 nitrogen and oxygen atoms in total. The van der Waals surface area contributed by atoms with E-state index >= 15 is 0 Å². The van der Waals surface area contributed by atoms with Gasteiger partial charge in [-0.1, -0.05) is 39.5 Å². The Morgan fingerprint density at radius 1 is 1.19 bits per heavy atom. The lowest BCUT2D eigenvalue weighted by atomic mass is 9.89. The summed E-state index contributed by atoms with van der Waals surface area (Å²) in [5.74, 6) is 2.11. The average Bonchev–Trinajstić information content (AvgIpc) is 2.76. The lowest BCUT2D eigenvalue weighted by molar-refractivity contribution is 0.311. The summed E-state index contributed by atoms with van der Waals surface area (Å²) >= 11 is 0. The van der Waals surface area contributed by atoms with E-state index in [1.54, 1.807) is 0 Å². The lowest BCUT2D eigenvalue weighted by Crippen LogP contribution is -2.39. The van der Waals surface area contributed by atoms with E-state index in [-0.39, 0.29) is 0 Å². The maximum absolute atomic E-state index is 4.62. The molecule has 0 amide bonds. The van der Waals surface area contributed by atoms with Gasteiger partial charge >= 0.3 is 0 Å². The summed E-state index contributed by atoms with van der Waals surface area (Å²) in [6, 6.07) is 0.612. The molecule has 1 aliphatic rings. The highest BCUT2D eigenvalue weighted by atomic mass is 15.1. The topological polar surface area (TPSA) is 29.9 Å². The molecule has 1 N–H and O–H groups in total. The average molecular weight is 291 g/mol. The number of aromatic nitrogens is 2. The van der Waals surface area contributed by atoms with Crippen LogP contribution in [0.2, 0.25) is 0 Å². The number of nitrogens with zero attached hydrogens (tertiary/aromatic N) is 2. The Labute approximate surface area is 130 Å². The second kappa shape index (κ2) is 9.24. The first-order valence-electron chi connectivity index (χ1n) is 9.08. The SMILES string of the molecule is CCCNC(Cc1nccn1CCC)C1CCCCCC1. The van der Waals surface area contributed by atoms with Crippen molar-refractivity contribution >= 4 is 0 Å². The predicted octanol–water partition coefficient (Wildman–Crippen LogP) is 4.17. The third-order valence-corrected chi connectivity index (χ3v) is 4.79. The number of hydrogen-bond donors (Lipinski definition) is 1. The zero-order valence-electron chi connectivity index (χ0n) is 14.0. The van der Waals surface area contributed by atoms with Crippen LogP contribution in [-0.4, -0.2) is 22.1 Å². The van der Waals surface area contributed by atoms with Crippen LogP contribution in [0, 0.1) is 5.92 Å². The van der Waals surface area contributed by atoms with Crippen LogP contribution in [-0.2, 0) is 13.0 Å². The standard InChI is InChI=1S/C18H33N3/c1-3-11-19-17(16-9-7-5-6-8-10-16)15-18-20-12-14-21(18)13-4-2/h12,14,16-17,19H,3-11,13,15H2,1-2H3. The Morgan fingerprint density at radius 3 is 2.62 bits per heavy atom. The Bertz CT molecular complexity index is 378. The van der Waals surface area contributed by atoms with Crippen LogP contribution in [0.1, 0.15) is 71.0 Å². The van der Waals surface area contributed by atoms with Crippen molar-refractivity contribution in [1.29, 1.82) is 0 Å². The second-order valence-electron chi connectivity index (χ2n) is 6.55. The van der Waals surface area contributed by atoms with Gasteiger partial charge in [-0.05, 0) is 38.1 Å². The fourth-order valence-corrected chi connectivity index (χ4v) is 3.62. The minimum absolute atomic E-state index is 0.612. The summed E-state index contributed by atoms with van der Waals surface area (Å²) in [6.07, 6.45) is 16.1. The lowest BCUT2D eigenvalue weighted by Gasteiger charge is -2.27. The molecule has 120 valence electrons. The monoisotopic (exact) mass is 291 g/mol. The summed E-state index contributed by atoms with van der Waals surface area (Å²) in [5.41, 5.74) is 0. The molecule has 0 radical (unpaired) electrons. The van der Waals surface area contributed by atoms with Crippen molar-refractivity contribution in [3.05, 3.63) is 18.2 Å². The van der Waals surface area contributed by atoms with Gasteiger partial charge in [0.1, 0.15) is 5.82 Å². The van der Waals surface area contributed by atoms with E-state index in [1.807, 2.05) is 6.20 Å². The highest BCUT2D eigenvalue weighted by Gasteiger charge is 2.23. The summed E-state index contributed by atoms with van der Waals surface area (Å²) in [7, 11) is 0. The summed E-state index contributed by atoms with van der Waals surface area (Å²) in [6.45, 7) is 6.73. The molecule has 1 saturated carbocycles. The Morgan fingerprint density at radius 2 is 1.95 bits per heavy atom. The van der Waals surface area contributed by atoms with E-state index in [0.717, 1.165) is 25.4 Å². The highest BCUT2D eigenvalue weighted by molar-refractivity contribution is 4.97. The van der Waals surface area contributed by atoms with Crippen LogP contribution < -0.4 is 5.32 Å². The molecular formula is C18H33N3. The largest absolute Gasteiger partial charge is 0.335 e. The zero-order chi connectivity index (χ0) is 14.9. The van der Waals surface area contributed by atoms with E-state index < -0.39 is 0 Å². The van der Waals surface area contributed by atoms with Crippen LogP contribution >= 0.6 is 0 Å². The van der Waals surface area contributed by atoms with Gasteiger partial charge in [0.05, 0.1) is 0 Å². The van der Waals surface area contributed by atoms with Crippen molar-refractivity contribution in [2.45, 2.75) is 84.2 Å². The van der Waals surface area contributed by atoms with Gasteiger partial charge in [-0.3, -0.25) is 0 Å². The maximum Gasteiger partial charge on any atom is 0.110 e. The van der Waals surface area contributed by atoms with Crippen molar-refractivity contribution in [2.24, 2.45) is 5.92 Å². The molecule has 1 atom stereocenters. The predicted molar refractivity (Wildman–Crippen MR) is 89.5 cm³/mol. The molecule has 0 bridgehead atoms. The van der Waals surface area contributed by atoms with E-state index in [1.165, 1.54) is 57.2 Å². The van der Waals surface area contributed by atoms with Gasteiger partial charge in [0.25, 0.3) is 0 Å². The molecule has 1 fully saturated rings. The van der Waals surface area contributed by atoms with Crippen LogP contribution in [0.4, 0.5) is 0 Å². The highest BCUT2D eigenvalue weighted by Crippen LogP contribution is 2.27. The molecule has 1 aromatic heterocycles. The van der Waals surface area contributed by atoms with Gasteiger partial charge < -0.3 is 9.88 Å². The van der Waals surface area contributed by atoms with Gasteiger partial charge in [-0.15, -0.1) is 0 Å². The maximum atomic E-state index is 4.62. The first-order valence-corrected chi connectivity index (χ1v) is 9.08. The van der Waals surface area contributed by atoms with Crippen molar-refractivity contribution in [3.63, 3.8) is 0 Å². The molecule has 1 aromatic rings. The number of hydrogen-bond acceptors (Lipinski definition) is 2. The third kappa shape index (κ3) is 5.14. The van der Waals surface area contributed by atoms with Gasteiger partial charge in [-0.25, -0.2) is 4.98 Å². The molecule has 0 aliphatic heterocycles. The summed E-state index contributed by atoms with van der Waals surface area (Å²) in [4.78, 5) is 4.62. The second-order valence-corrected chi connectivity index (χ2v) is 6.55. The molecule has 0 saturated heterocycles. The number of nitrogens with one attached hydrogen (secondary N) is 1. The quantitative estimate of drug-likeness (QED) is 0.728. The smallest absolute Gasteiger partial charge is 0.110 e. The van der Waals surface area contributed by atoms with Crippen molar-refractivity contribution in [2.75, 3.05) is 6.54 Å². The van der Waals surface area contributed by atoms with Crippen molar-refractivity contribution in [3.8, 4) is 0 Å². The van der Waals surface area contributed by atoms with Crippen LogP contribution in [0.3, 0.4) is 0 Å². The van der Waals surface area contributed by atoms with E-state index in [2.05, 4.69) is 34.9 Å². The summed E-state index contributed by atoms with van der Waals surface area (Å²) < 4.78 is 2.34. The van der Waals surface area contributed by atoms with Crippen LogP contribution in [0.25, 0.3) is 0 Å². The molecule has 1 unspecified atom stereocenters. The molecular weight excluding hydrogens is 258 g/mol. The van der Waals surface area contributed by atoms with Crippen molar-refractivity contribution in [1.82, 2.24) is 14.9 Å². The molecule has 21 heavy (non-hydrogen) atoms. The van der Waals surface area contributed by atoms with Gasteiger partial charge in [0, 0.05) is 31.4 Å². The van der Waals surface area contributed by atoms with E-state index in [4.69, 9.17) is 0 Å². The number of imidazole rings is 1.